The number of hydrogen-bond acceptors (Lipinski definition) is 11. The molecule has 0 unspecified atom stereocenters. The summed E-state index contributed by atoms with van der Waals surface area (Å²) in [6.45, 7) is 3.37. The van der Waals surface area contributed by atoms with Crippen molar-refractivity contribution in [2.24, 2.45) is 5.10 Å². The second kappa shape index (κ2) is 14.3. The van der Waals surface area contributed by atoms with Crippen molar-refractivity contribution in [1.29, 1.82) is 5.26 Å². The van der Waals surface area contributed by atoms with Gasteiger partial charge < -0.3 is 39.4 Å². The standard InChI is InChI=1S/C27H31N5O8/c1-5-38-21-13-17(24-23(26(34)37-4)16(2)30-27(35)31-24)9-10-19(21)40-15-22(33)32-29-14-18-7-6-8-20(36-3)25(18)39-12-11-28/h6-10,13-14,22,24,32-33H,5,12,15H2,1-4H3,(H2,30,31,35)/b29-14+/t22-,24-/m1/s1. The third-order valence-corrected chi connectivity index (χ3v) is 5.61. The summed E-state index contributed by atoms with van der Waals surface area (Å²) in [6.07, 6.45) is 0.223. The number of nitrogens with zero attached hydrogens (tertiary/aromatic N) is 2. The van der Waals surface area contributed by atoms with Crippen LogP contribution in [0.25, 0.3) is 0 Å². The van der Waals surface area contributed by atoms with E-state index < -0.39 is 24.3 Å². The van der Waals surface area contributed by atoms with E-state index in [0.29, 0.717) is 46.4 Å². The van der Waals surface area contributed by atoms with Gasteiger partial charge in [0.15, 0.2) is 35.8 Å². The van der Waals surface area contributed by atoms with E-state index in [2.05, 4.69) is 21.2 Å². The molecule has 0 fully saturated rings. The summed E-state index contributed by atoms with van der Waals surface area (Å²) in [5.74, 6) is 0.871. The number of aliphatic hydroxyl groups excluding tert-OH is 1. The molecule has 0 saturated heterocycles. The van der Waals surface area contributed by atoms with E-state index >= 15 is 0 Å². The van der Waals surface area contributed by atoms with Crippen molar-refractivity contribution in [3.8, 4) is 29.1 Å². The number of nitrogens with one attached hydrogen (secondary N) is 3. The fraction of sp³-hybridized carbons (Fsp3) is 0.333. The lowest BCUT2D eigenvalue weighted by atomic mass is 9.95. The number of allylic oxidation sites excluding steroid dienone is 1. The number of ether oxygens (including phenoxy) is 5. The van der Waals surface area contributed by atoms with E-state index in [-0.39, 0.29) is 18.8 Å². The second-order valence-electron chi connectivity index (χ2n) is 8.24. The van der Waals surface area contributed by atoms with E-state index in [1.807, 2.05) is 6.07 Å². The Morgan fingerprint density at radius 2 is 2.00 bits per heavy atom. The van der Waals surface area contributed by atoms with Crippen LogP contribution in [0.15, 0.2) is 52.8 Å². The van der Waals surface area contributed by atoms with Crippen molar-refractivity contribution >= 4 is 18.2 Å². The molecule has 3 rings (SSSR count). The van der Waals surface area contributed by atoms with E-state index in [4.69, 9.17) is 28.9 Å². The SMILES string of the molecule is CCOc1cc([C@H]2NC(=O)NC(C)=C2C(=O)OC)ccc1OC[C@@H](O)N/N=C/c1cccc(OC)c1OCC#N. The first-order valence-corrected chi connectivity index (χ1v) is 12.2. The number of carbonyl (C=O) groups excluding carboxylic acids is 2. The molecular formula is C27H31N5O8. The van der Waals surface area contributed by atoms with E-state index in [1.165, 1.54) is 20.4 Å². The fourth-order valence-corrected chi connectivity index (χ4v) is 3.87. The van der Waals surface area contributed by atoms with Crippen LogP contribution in [-0.4, -0.2) is 63.6 Å². The van der Waals surface area contributed by atoms with Gasteiger partial charge in [0.2, 0.25) is 0 Å². The van der Waals surface area contributed by atoms with Crippen molar-refractivity contribution in [2.75, 3.05) is 34.0 Å². The third-order valence-electron chi connectivity index (χ3n) is 5.61. The molecule has 4 N–H and O–H groups in total. The normalized spacial score (nSPS) is 15.4. The minimum atomic E-state index is -1.19. The third kappa shape index (κ3) is 7.33. The Hall–Kier alpha value is -4.96. The van der Waals surface area contributed by atoms with E-state index in [0.717, 1.165) is 0 Å². The number of rotatable bonds is 13. The first-order chi connectivity index (χ1) is 19.3. The molecule has 0 radical (unpaired) electrons. The molecule has 2 amide bonds. The molecule has 1 aliphatic heterocycles. The van der Waals surface area contributed by atoms with Crippen LogP contribution in [0.1, 0.15) is 31.0 Å². The van der Waals surface area contributed by atoms with Crippen molar-refractivity contribution < 1.29 is 38.4 Å². The average molecular weight is 554 g/mol. The Balaban J connectivity index is 1.71. The minimum absolute atomic E-state index is 0.171. The van der Waals surface area contributed by atoms with Crippen LogP contribution in [0.2, 0.25) is 0 Å². The first kappa shape index (κ1) is 29.6. The van der Waals surface area contributed by atoms with Gasteiger partial charge in [-0.3, -0.25) is 5.43 Å². The molecule has 2 aromatic carbocycles. The Labute approximate surface area is 231 Å². The predicted molar refractivity (Wildman–Crippen MR) is 143 cm³/mol. The van der Waals surface area contributed by atoms with Crippen LogP contribution in [0.3, 0.4) is 0 Å². The van der Waals surface area contributed by atoms with Gasteiger partial charge in [0.25, 0.3) is 0 Å². The van der Waals surface area contributed by atoms with Crippen molar-refractivity contribution in [3.05, 3.63) is 58.8 Å². The van der Waals surface area contributed by atoms with Crippen LogP contribution in [-0.2, 0) is 9.53 Å². The summed E-state index contributed by atoms with van der Waals surface area (Å²) < 4.78 is 27.1. The van der Waals surface area contributed by atoms with E-state index in [9.17, 15) is 14.7 Å². The second-order valence-corrected chi connectivity index (χ2v) is 8.24. The van der Waals surface area contributed by atoms with Gasteiger partial charge in [-0.15, -0.1) is 0 Å². The van der Waals surface area contributed by atoms with Gasteiger partial charge in [-0.1, -0.05) is 12.1 Å². The minimum Gasteiger partial charge on any atom is -0.493 e. The van der Waals surface area contributed by atoms with Crippen LogP contribution in [0.4, 0.5) is 4.79 Å². The summed E-state index contributed by atoms with van der Waals surface area (Å²) in [4.78, 5) is 24.5. The zero-order valence-corrected chi connectivity index (χ0v) is 22.5. The number of nitriles is 1. The maximum absolute atomic E-state index is 12.4. The molecule has 40 heavy (non-hydrogen) atoms. The molecule has 212 valence electrons. The van der Waals surface area contributed by atoms with Gasteiger partial charge >= 0.3 is 12.0 Å². The molecular weight excluding hydrogens is 522 g/mol. The Bertz CT molecular complexity index is 1320. The Kier molecular flexibility index (Phi) is 10.6. The quantitative estimate of drug-likeness (QED) is 0.125. The molecule has 1 aliphatic rings. The molecule has 13 heteroatoms. The lowest BCUT2D eigenvalue weighted by Gasteiger charge is -2.28. The monoisotopic (exact) mass is 553 g/mol. The molecule has 2 atom stereocenters. The summed E-state index contributed by atoms with van der Waals surface area (Å²) in [5, 5.41) is 28.5. The molecule has 0 aromatic heterocycles. The topological polar surface area (TPSA) is 173 Å². The number of benzene rings is 2. The van der Waals surface area contributed by atoms with Crippen molar-refractivity contribution in [2.45, 2.75) is 26.1 Å². The van der Waals surface area contributed by atoms with Crippen LogP contribution < -0.4 is 35.0 Å². The zero-order chi connectivity index (χ0) is 29.1. The van der Waals surface area contributed by atoms with Gasteiger partial charge in [0, 0.05) is 11.3 Å². The van der Waals surface area contributed by atoms with Crippen LogP contribution in [0, 0.1) is 11.3 Å². The number of urea groups is 1. The number of carbonyl (C=O) groups is 2. The van der Waals surface area contributed by atoms with Gasteiger partial charge in [-0.25, -0.2) is 9.59 Å². The van der Waals surface area contributed by atoms with Crippen molar-refractivity contribution in [3.63, 3.8) is 0 Å². The lowest BCUT2D eigenvalue weighted by Crippen LogP contribution is -2.45. The highest BCUT2D eigenvalue weighted by molar-refractivity contribution is 5.95. The lowest BCUT2D eigenvalue weighted by molar-refractivity contribution is -0.136. The molecule has 0 bridgehead atoms. The molecule has 0 saturated carbocycles. The molecule has 0 aliphatic carbocycles. The molecule has 0 spiro atoms. The predicted octanol–water partition coefficient (Wildman–Crippen LogP) is 2.12. The number of esters is 1. The number of para-hydroxylation sites is 1. The van der Waals surface area contributed by atoms with Crippen molar-refractivity contribution in [1.82, 2.24) is 16.1 Å². The molecule has 2 aromatic rings. The number of amides is 2. The first-order valence-electron chi connectivity index (χ1n) is 12.2. The van der Waals surface area contributed by atoms with Gasteiger partial charge in [0.1, 0.15) is 12.7 Å². The maximum atomic E-state index is 12.4. The Morgan fingerprint density at radius 3 is 2.70 bits per heavy atom. The van der Waals surface area contributed by atoms with Crippen LogP contribution in [0.5, 0.6) is 23.0 Å². The molecule has 13 nitrogen and oxygen atoms in total. The zero-order valence-electron chi connectivity index (χ0n) is 22.5. The van der Waals surface area contributed by atoms with Gasteiger partial charge in [0.05, 0.1) is 38.7 Å². The summed E-state index contributed by atoms with van der Waals surface area (Å²) in [5.41, 5.74) is 4.30. The summed E-state index contributed by atoms with van der Waals surface area (Å²) >= 11 is 0. The van der Waals surface area contributed by atoms with Gasteiger partial charge in [-0.05, 0) is 43.7 Å². The largest absolute Gasteiger partial charge is 0.493 e. The fourth-order valence-electron chi connectivity index (χ4n) is 3.87. The number of aliphatic hydroxyl groups is 1. The summed E-state index contributed by atoms with van der Waals surface area (Å²) in [6, 6.07) is 10.8. The highest BCUT2D eigenvalue weighted by Gasteiger charge is 2.32. The van der Waals surface area contributed by atoms with Crippen LogP contribution >= 0.6 is 0 Å². The van der Waals surface area contributed by atoms with Gasteiger partial charge in [-0.2, -0.15) is 10.4 Å². The average Bonchev–Trinajstić information content (AvgIpc) is 2.95. The summed E-state index contributed by atoms with van der Waals surface area (Å²) in [7, 11) is 2.75. The smallest absolute Gasteiger partial charge is 0.337 e. The van der Waals surface area contributed by atoms with E-state index in [1.54, 1.807) is 50.2 Å². The number of hydrogen-bond donors (Lipinski definition) is 4. The molecule has 1 heterocycles. The highest BCUT2D eigenvalue weighted by atomic mass is 16.5. The number of hydrazone groups is 1. The maximum Gasteiger partial charge on any atom is 0.337 e. The number of methoxy groups -OCH3 is 2. The Morgan fingerprint density at radius 1 is 1.20 bits per heavy atom. The highest BCUT2D eigenvalue weighted by Crippen LogP contribution is 2.35.